The van der Waals surface area contributed by atoms with Crippen molar-refractivity contribution in [1.29, 1.82) is 0 Å². The Kier molecular flexibility index (Phi) is 3.89. The molecule has 0 bridgehead atoms. The van der Waals surface area contributed by atoms with E-state index in [0.29, 0.717) is 11.0 Å². The molecule has 0 radical (unpaired) electrons. The topological polar surface area (TPSA) is 29.9 Å². The van der Waals surface area contributed by atoms with Crippen molar-refractivity contribution in [3.05, 3.63) is 45.2 Å². The molecule has 19 heavy (non-hydrogen) atoms. The Labute approximate surface area is 118 Å². The second-order valence-electron chi connectivity index (χ2n) is 4.37. The minimum atomic E-state index is -0.619. The van der Waals surface area contributed by atoms with Gasteiger partial charge in [-0.2, -0.15) is 5.10 Å². The maximum Gasteiger partial charge on any atom is 0.150 e. The Hall–Kier alpha value is -1.43. The van der Waals surface area contributed by atoms with Gasteiger partial charge < -0.3 is 5.32 Å². The van der Waals surface area contributed by atoms with E-state index in [4.69, 9.17) is 0 Å². The van der Waals surface area contributed by atoms with Crippen LogP contribution in [0, 0.1) is 25.5 Å². The number of nitrogens with one attached hydrogen (secondary N) is 1. The van der Waals surface area contributed by atoms with E-state index in [-0.39, 0.29) is 5.69 Å². The summed E-state index contributed by atoms with van der Waals surface area (Å²) in [6.07, 6.45) is 0. The number of benzene rings is 1. The lowest BCUT2D eigenvalue weighted by Gasteiger charge is -2.09. The van der Waals surface area contributed by atoms with E-state index in [1.165, 1.54) is 12.1 Å². The molecule has 0 aliphatic heterocycles. The van der Waals surface area contributed by atoms with Gasteiger partial charge in [0.1, 0.15) is 17.3 Å². The first-order valence-corrected chi connectivity index (χ1v) is 6.57. The van der Waals surface area contributed by atoms with Gasteiger partial charge in [0.2, 0.25) is 0 Å². The highest BCUT2D eigenvalue weighted by atomic mass is 79.9. The number of hydrogen-bond donors (Lipinski definition) is 1. The average molecular weight is 330 g/mol. The molecule has 1 aromatic heterocycles. The molecule has 0 unspecified atom stereocenters. The molecule has 3 nitrogen and oxygen atoms in total. The highest BCUT2D eigenvalue weighted by molar-refractivity contribution is 9.10. The molecular weight excluding hydrogens is 316 g/mol. The first kappa shape index (κ1) is 14.0. The Morgan fingerprint density at radius 1 is 1.26 bits per heavy atom. The van der Waals surface area contributed by atoms with Crippen LogP contribution in [0.15, 0.2) is 16.6 Å². The molecule has 0 aliphatic carbocycles. The molecule has 0 amide bonds. The quantitative estimate of drug-likeness (QED) is 0.930. The van der Waals surface area contributed by atoms with Gasteiger partial charge in [0.25, 0.3) is 0 Å². The summed E-state index contributed by atoms with van der Waals surface area (Å²) < 4.78 is 29.5. The normalized spacial score (nSPS) is 10.8. The summed E-state index contributed by atoms with van der Waals surface area (Å²) in [4.78, 5) is 0. The zero-order valence-corrected chi connectivity index (χ0v) is 12.5. The van der Waals surface area contributed by atoms with Gasteiger partial charge in [-0.3, -0.25) is 4.68 Å². The summed E-state index contributed by atoms with van der Waals surface area (Å²) in [7, 11) is 1.84. The van der Waals surface area contributed by atoms with Crippen LogP contribution in [0.1, 0.15) is 17.0 Å². The van der Waals surface area contributed by atoms with Crippen molar-refractivity contribution in [2.24, 2.45) is 7.05 Å². The van der Waals surface area contributed by atoms with Crippen LogP contribution in [0.5, 0.6) is 0 Å². The molecule has 0 spiro atoms. The number of aromatic nitrogens is 2. The Morgan fingerprint density at radius 2 is 1.84 bits per heavy atom. The van der Waals surface area contributed by atoms with E-state index < -0.39 is 11.6 Å². The van der Waals surface area contributed by atoms with Crippen LogP contribution in [0.25, 0.3) is 0 Å². The number of anilines is 1. The van der Waals surface area contributed by atoms with E-state index >= 15 is 0 Å². The van der Waals surface area contributed by atoms with E-state index in [0.717, 1.165) is 17.0 Å². The van der Waals surface area contributed by atoms with Crippen LogP contribution >= 0.6 is 15.9 Å². The molecule has 0 aliphatic rings. The monoisotopic (exact) mass is 329 g/mol. The van der Waals surface area contributed by atoms with Crippen LogP contribution in [0.3, 0.4) is 0 Å². The van der Waals surface area contributed by atoms with Gasteiger partial charge in [0.05, 0.1) is 5.69 Å². The number of hydrogen-bond acceptors (Lipinski definition) is 2. The molecule has 1 heterocycles. The van der Waals surface area contributed by atoms with Gasteiger partial charge in [-0.1, -0.05) is 15.9 Å². The maximum absolute atomic E-state index is 13.7. The molecule has 0 saturated heterocycles. The van der Waals surface area contributed by atoms with Crippen LogP contribution in [0.4, 0.5) is 14.5 Å². The fourth-order valence-corrected chi connectivity index (χ4v) is 2.36. The Morgan fingerprint density at radius 3 is 2.32 bits per heavy atom. The molecule has 1 aromatic carbocycles. The predicted octanol–water partition coefficient (Wildman–Crippen LogP) is 3.69. The Balaban J connectivity index is 2.24. The first-order chi connectivity index (χ1) is 8.90. The molecule has 0 atom stereocenters. The van der Waals surface area contributed by atoms with Crippen molar-refractivity contribution in [1.82, 2.24) is 9.78 Å². The second kappa shape index (κ2) is 5.28. The third-order valence-electron chi connectivity index (χ3n) is 3.11. The Bertz CT molecular complexity index is 600. The van der Waals surface area contributed by atoms with E-state index in [2.05, 4.69) is 26.3 Å². The number of aryl methyl sites for hydroxylation is 2. The van der Waals surface area contributed by atoms with Gasteiger partial charge in [-0.05, 0) is 26.0 Å². The van der Waals surface area contributed by atoms with Crippen molar-refractivity contribution in [3.8, 4) is 0 Å². The molecule has 2 rings (SSSR count). The number of nitrogens with zero attached hydrogens (tertiary/aromatic N) is 2. The molecule has 0 fully saturated rings. The zero-order chi connectivity index (χ0) is 14.2. The summed E-state index contributed by atoms with van der Waals surface area (Å²) in [5, 5.41) is 7.06. The highest BCUT2D eigenvalue weighted by Gasteiger charge is 2.13. The third kappa shape index (κ3) is 2.78. The summed E-state index contributed by atoms with van der Waals surface area (Å²) >= 11 is 3.05. The van der Waals surface area contributed by atoms with Crippen LogP contribution in [-0.2, 0) is 13.6 Å². The molecule has 0 saturated carbocycles. The standard InChI is InChI=1S/C13H14BrF2N3/c1-7-10(8(2)19(3)18-7)6-17-13-11(15)4-9(14)5-12(13)16/h4-5,17H,6H2,1-3H3. The van der Waals surface area contributed by atoms with Gasteiger partial charge in [-0.25, -0.2) is 8.78 Å². The van der Waals surface area contributed by atoms with Gasteiger partial charge in [0, 0.05) is 29.3 Å². The van der Waals surface area contributed by atoms with Crippen molar-refractivity contribution < 1.29 is 8.78 Å². The largest absolute Gasteiger partial charge is 0.376 e. The van der Waals surface area contributed by atoms with Crippen molar-refractivity contribution in [3.63, 3.8) is 0 Å². The fourth-order valence-electron chi connectivity index (χ4n) is 1.96. The number of halogens is 3. The molecule has 6 heteroatoms. The van der Waals surface area contributed by atoms with Gasteiger partial charge in [-0.15, -0.1) is 0 Å². The van der Waals surface area contributed by atoms with Crippen molar-refractivity contribution in [2.75, 3.05) is 5.32 Å². The predicted molar refractivity (Wildman–Crippen MR) is 74.1 cm³/mol. The van der Waals surface area contributed by atoms with E-state index in [1.807, 2.05) is 20.9 Å². The smallest absolute Gasteiger partial charge is 0.150 e. The number of rotatable bonds is 3. The lowest BCUT2D eigenvalue weighted by atomic mass is 10.2. The van der Waals surface area contributed by atoms with Crippen molar-refractivity contribution in [2.45, 2.75) is 20.4 Å². The lowest BCUT2D eigenvalue weighted by Crippen LogP contribution is -2.06. The SMILES string of the molecule is Cc1nn(C)c(C)c1CNc1c(F)cc(Br)cc1F. The minimum Gasteiger partial charge on any atom is -0.376 e. The molecule has 2 aromatic rings. The van der Waals surface area contributed by atoms with Gasteiger partial charge >= 0.3 is 0 Å². The minimum absolute atomic E-state index is 0.120. The average Bonchev–Trinajstić information content (AvgIpc) is 2.53. The van der Waals surface area contributed by atoms with Crippen molar-refractivity contribution >= 4 is 21.6 Å². The zero-order valence-electron chi connectivity index (χ0n) is 10.9. The summed E-state index contributed by atoms with van der Waals surface area (Å²) in [5.41, 5.74) is 2.66. The fraction of sp³-hybridized carbons (Fsp3) is 0.308. The van der Waals surface area contributed by atoms with Crippen LogP contribution < -0.4 is 5.32 Å². The molecular formula is C13H14BrF2N3. The second-order valence-corrected chi connectivity index (χ2v) is 5.29. The summed E-state index contributed by atoms with van der Waals surface area (Å²) in [6.45, 7) is 4.13. The van der Waals surface area contributed by atoms with E-state index in [9.17, 15) is 8.78 Å². The maximum atomic E-state index is 13.7. The lowest BCUT2D eigenvalue weighted by molar-refractivity contribution is 0.586. The van der Waals surface area contributed by atoms with E-state index in [1.54, 1.807) is 4.68 Å². The molecule has 102 valence electrons. The molecule has 1 N–H and O–H groups in total. The highest BCUT2D eigenvalue weighted by Crippen LogP contribution is 2.25. The van der Waals surface area contributed by atoms with Gasteiger partial charge in [0.15, 0.2) is 0 Å². The first-order valence-electron chi connectivity index (χ1n) is 5.77. The third-order valence-corrected chi connectivity index (χ3v) is 3.57. The van der Waals surface area contributed by atoms with Crippen LogP contribution in [-0.4, -0.2) is 9.78 Å². The summed E-state index contributed by atoms with van der Waals surface area (Å²) in [5.74, 6) is -1.24. The van der Waals surface area contributed by atoms with Crippen LogP contribution in [0.2, 0.25) is 0 Å². The summed E-state index contributed by atoms with van der Waals surface area (Å²) in [6, 6.07) is 2.46.